The van der Waals surface area contributed by atoms with Crippen molar-refractivity contribution in [1.82, 2.24) is 9.78 Å². The maximum absolute atomic E-state index is 11.3. The second kappa shape index (κ2) is 4.65. The number of carbonyl (C=O) groups is 1. The summed E-state index contributed by atoms with van der Waals surface area (Å²) < 4.78 is 6.49. The number of aromatic nitrogens is 2. The first-order chi connectivity index (χ1) is 7.77. The Labute approximate surface area is 101 Å². The van der Waals surface area contributed by atoms with Crippen molar-refractivity contribution in [2.24, 2.45) is 0 Å². The summed E-state index contributed by atoms with van der Waals surface area (Å²) in [6.07, 6.45) is -0.518. The van der Waals surface area contributed by atoms with E-state index in [0.29, 0.717) is 23.8 Å². The summed E-state index contributed by atoms with van der Waals surface area (Å²) >= 11 is 0. The quantitative estimate of drug-likeness (QED) is 0.829. The molecule has 0 saturated carbocycles. The molecule has 3 N–H and O–H groups in total. The Morgan fingerprint density at radius 1 is 1.53 bits per heavy atom. The Morgan fingerprint density at radius 3 is 2.53 bits per heavy atom. The van der Waals surface area contributed by atoms with Crippen LogP contribution in [0.4, 0.5) is 16.3 Å². The second-order valence-electron chi connectivity index (χ2n) is 4.77. The highest BCUT2D eigenvalue weighted by atomic mass is 16.5. The molecule has 0 radical (unpaired) electrons. The van der Waals surface area contributed by atoms with Gasteiger partial charge in [-0.2, -0.15) is 5.10 Å². The minimum Gasteiger partial charge on any atom is -0.450 e. The van der Waals surface area contributed by atoms with Crippen molar-refractivity contribution in [3.63, 3.8) is 0 Å². The number of ether oxygens (including phenoxy) is 1. The zero-order valence-electron chi connectivity index (χ0n) is 11.0. The zero-order valence-corrected chi connectivity index (χ0v) is 11.0. The van der Waals surface area contributed by atoms with Gasteiger partial charge in [0.15, 0.2) is 0 Å². The van der Waals surface area contributed by atoms with Gasteiger partial charge in [-0.1, -0.05) is 0 Å². The van der Waals surface area contributed by atoms with Crippen LogP contribution in [0.5, 0.6) is 0 Å². The molecule has 0 aliphatic heterocycles. The third-order valence-electron chi connectivity index (χ3n) is 2.23. The first-order valence-corrected chi connectivity index (χ1v) is 5.56. The van der Waals surface area contributed by atoms with Crippen LogP contribution in [0.2, 0.25) is 0 Å². The van der Waals surface area contributed by atoms with Crippen molar-refractivity contribution >= 4 is 17.6 Å². The number of aryl methyl sites for hydroxylation is 1. The maximum atomic E-state index is 11.3. The topological polar surface area (TPSA) is 82.2 Å². The van der Waals surface area contributed by atoms with Gasteiger partial charge in [-0.05, 0) is 34.6 Å². The van der Waals surface area contributed by atoms with Crippen LogP contribution in [0.25, 0.3) is 0 Å². The minimum atomic E-state index is -0.518. The van der Waals surface area contributed by atoms with Gasteiger partial charge in [0.05, 0.1) is 17.8 Å². The summed E-state index contributed by atoms with van der Waals surface area (Å²) in [7, 11) is 0. The summed E-state index contributed by atoms with van der Waals surface area (Å²) in [6, 6.07) is 0. The molecule has 1 aromatic rings. The monoisotopic (exact) mass is 240 g/mol. The summed E-state index contributed by atoms with van der Waals surface area (Å²) in [6.45, 7) is 9.82. The molecule has 1 rings (SSSR count). The van der Waals surface area contributed by atoms with E-state index in [2.05, 4.69) is 10.4 Å². The van der Waals surface area contributed by atoms with E-state index in [0.717, 1.165) is 0 Å². The molecule has 0 bridgehead atoms. The summed E-state index contributed by atoms with van der Waals surface area (Å²) in [5.41, 5.74) is 6.92. The van der Waals surface area contributed by atoms with E-state index >= 15 is 0 Å². The van der Waals surface area contributed by atoms with Gasteiger partial charge >= 0.3 is 6.09 Å². The number of nitrogens with zero attached hydrogens (tertiary/aromatic N) is 2. The fourth-order valence-electron chi connectivity index (χ4n) is 1.48. The SMILES string of the molecule is CCOC(=O)Nc1c(C)nn(C(C)(C)C)c1N. The molecular formula is C11H20N4O2. The second-order valence-corrected chi connectivity index (χ2v) is 4.77. The Bertz CT molecular complexity index is 418. The van der Waals surface area contributed by atoms with E-state index in [-0.39, 0.29) is 5.54 Å². The van der Waals surface area contributed by atoms with Crippen LogP contribution in [0.15, 0.2) is 0 Å². The number of anilines is 2. The van der Waals surface area contributed by atoms with E-state index < -0.39 is 6.09 Å². The lowest BCUT2D eigenvalue weighted by molar-refractivity contribution is 0.168. The highest BCUT2D eigenvalue weighted by molar-refractivity contribution is 5.89. The smallest absolute Gasteiger partial charge is 0.411 e. The van der Waals surface area contributed by atoms with Crippen molar-refractivity contribution in [1.29, 1.82) is 0 Å². The lowest BCUT2D eigenvalue weighted by Crippen LogP contribution is -2.25. The molecule has 17 heavy (non-hydrogen) atoms. The number of hydrogen-bond acceptors (Lipinski definition) is 4. The van der Waals surface area contributed by atoms with Crippen molar-refractivity contribution in [2.45, 2.75) is 40.2 Å². The molecule has 0 unspecified atom stereocenters. The number of nitrogens with two attached hydrogens (primary N) is 1. The van der Waals surface area contributed by atoms with Crippen molar-refractivity contribution in [2.75, 3.05) is 17.7 Å². The molecule has 0 fully saturated rings. The molecule has 0 aromatic carbocycles. The molecule has 0 aliphatic rings. The predicted molar refractivity (Wildman–Crippen MR) is 67.0 cm³/mol. The van der Waals surface area contributed by atoms with E-state index in [4.69, 9.17) is 10.5 Å². The molecule has 0 spiro atoms. The van der Waals surface area contributed by atoms with Crippen LogP contribution in [-0.4, -0.2) is 22.5 Å². The minimum absolute atomic E-state index is 0.233. The van der Waals surface area contributed by atoms with Gasteiger partial charge in [-0.3, -0.25) is 5.32 Å². The largest absolute Gasteiger partial charge is 0.450 e. The summed E-state index contributed by atoms with van der Waals surface area (Å²) in [4.78, 5) is 11.3. The average molecular weight is 240 g/mol. The fourth-order valence-corrected chi connectivity index (χ4v) is 1.48. The average Bonchev–Trinajstić information content (AvgIpc) is 2.45. The normalized spacial score (nSPS) is 11.4. The molecule has 0 aliphatic carbocycles. The van der Waals surface area contributed by atoms with Gasteiger partial charge in [-0.25, -0.2) is 9.48 Å². The molecule has 96 valence electrons. The number of carbonyl (C=O) groups excluding carboxylic acids is 1. The standard InChI is InChI=1S/C11H20N4O2/c1-6-17-10(16)13-8-7(2)14-15(9(8)12)11(3,4)5/h6,12H2,1-5H3,(H,13,16). The summed E-state index contributed by atoms with van der Waals surface area (Å²) in [5, 5.41) is 6.92. The Morgan fingerprint density at radius 2 is 2.12 bits per heavy atom. The number of amides is 1. The molecule has 1 amide bonds. The lowest BCUT2D eigenvalue weighted by Gasteiger charge is -2.20. The molecule has 1 aromatic heterocycles. The van der Waals surface area contributed by atoms with Crippen molar-refractivity contribution < 1.29 is 9.53 Å². The molecule has 6 heteroatoms. The maximum Gasteiger partial charge on any atom is 0.411 e. The van der Waals surface area contributed by atoms with Crippen LogP contribution >= 0.6 is 0 Å². The van der Waals surface area contributed by atoms with Crippen LogP contribution in [0.3, 0.4) is 0 Å². The first-order valence-electron chi connectivity index (χ1n) is 5.56. The molecule has 0 atom stereocenters. The molecule has 0 saturated heterocycles. The van der Waals surface area contributed by atoms with E-state index in [1.54, 1.807) is 18.5 Å². The van der Waals surface area contributed by atoms with Crippen LogP contribution in [-0.2, 0) is 10.3 Å². The van der Waals surface area contributed by atoms with Crippen LogP contribution in [0, 0.1) is 6.92 Å². The van der Waals surface area contributed by atoms with Crippen molar-refractivity contribution in [3.8, 4) is 0 Å². The predicted octanol–water partition coefficient (Wildman–Crippen LogP) is 2.10. The number of rotatable bonds is 2. The molecular weight excluding hydrogens is 220 g/mol. The van der Waals surface area contributed by atoms with Crippen molar-refractivity contribution in [3.05, 3.63) is 5.69 Å². The third-order valence-corrected chi connectivity index (χ3v) is 2.23. The van der Waals surface area contributed by atoms with E-state index in [1.807, 2.05) is 20.8 Å². The Hall–Kier alpha value is -1.72. The Kier molecular flexibility index (Phi) is 3.65. The highest BCUT2D eigenvalue weighted by Crippen LogP contribution is 2.28. The van der Waals surface area contributed by atoms with Gasteiger partial charge in [0.1, 0.15) is 11.5 Å². The fraction of sp³-hybridized carbons (Fsp3) is 0.636. The van der Waals surface area contributed by atoms with E-state index in [1.165, 1.54) is 0 Å². The third kappa shape index (κ3) is 2.89. The summed E-state index contributed by atoms with van der Waals surface area (Å²) in [5.74, 6) is 0.433. The van der Waals surface area contributed by atoms with E-state index in [9.17, 15) is 4.79 Å². The van der Waals surface area contributed by atoms with Gasteiger partial charge < -0.3 is 10.5 Å². The highest BCUT2D eigenvalue weighted by Gasteiger charge is 2.22. The number of hydrogen-bond donors (Lipinski definition) is 2. The van der Waals surface area contributed by atoms with Gasteiger partial charge in [-0.15, -0.1) is 0 Å². The number of nitrogens with one attached hydrogen (secondary N) is 1. The molecule has 6 nitrogen and oxygen atoms in total. The van der Waals surface area contributed by atoms with Gasteiger partial charge in [0, 0.05) is 0 Å². The van der Waals surface area contributed by atoms with Gasteiger partial charge in [0.25, 0.3) is 0 Å². The Balaban J connectivity index is 3.02. The molecule has 1 heterocycles. The lowest BCUT2D eigenvalue weighted by atomic mass is 10.1. The van der Waals surface area contributed by atoms with Gasteiger partial charge in [0.2, 0.25) is 0 Å². The first kappa shape index (κ1) is 13.3. The number of nitrogen functional groups attached to an aromatic ring is 1. The van der Waals surface area contributed by atoms with Crippen LogP contribution < -0.4 is 11.1 Å². The zero-order chi connectivity index (χ0) is 13.2. The van der Waals surface area contributed by atoms with Crippen LogP contribution in [0.1, 0.15) is 33.4 Å².